The van der Waals surface area contributed by atoms with E-state index in [1.54, 1.807) is 20.8 Å². The third-order valence-corrected chi connectivity index (χ3v) is 3.44. The number of thioether (sulfide) groups is 1. The molecule has 17 heavy (non-hydrogen) atoms. The van der Waals surface area contributed by atoms with Crippen molar-refractivity contribution in [3.63, 3.8) is 0 Å². The van der Waals surface area contributed by atoms with Gasteiger partial charge in [-0.3, -0.25) is 14.9 Å². The zero-order valence-electron chi connectivity index (χ0n) is 10.1. The molecule has 0 saturated heterocycles. The van der Waals surface area contributed by atoms with Crippen molar-refractivity contribution in [1.29, 1.82) is 0 Å². The van der Waals surface area contributed by atoms with Crippen molar-refractivity contribution < 1.29 is 19.5 Å². The summed E-state index contributed by atoms with van der Waals surface area (Å²) < 4.78 is 0. The van der Waals surface area contributed by atoms with E-state index in [-0.39, 0.29) is 0 Å². The van der Waals surface area contributed by atoms with Gasteiger partial charge >= 0.3 is 12.0 Å². The molecule has 0 aliphatic rings. The van der Waals surface area contributed by atoms with Crippen LogP contribution < -0.4 is 10.6 Å². The maximum atomic E-state index is 11.5. The van der Waals surface area contributed by atoms with Crippen molar-refractivity contribution in [2.24, 2.45) is 0 Å². The number of carboxylic acid groups (broad SMARTS) is 1. The van der Waals surface area contributed by atoms with Gasteiger partial charge in [0, 0.05) is 6.54 Å². The van der Waals surface area contributed by atoms with Crippen molar-refractivity contribution in [1.82, 2.24) is 10.6 Å². The molecule has 0 heterocycles. The fourth-order valence-corrected chi connectivity index (χ4v) is 2.04. The lowest BCUT2D eigenvalue weighted by Gasteiger charge is -2.15. The number of carbonyl (C=O) groups is 3. The van der Waals surface area contributed by atoms with Crippen LogP contribution in [0.25, 0.3) is 0 Å². The van der Waals surface area contributed by atoms with Crippen LogP contribution >= 0.6 is 11.8 Å². The molecule has 3 N–H and O–H groups in total. The molecule has 2 unspecified atom stereocenters. The average molecular weight is 262 g/mol. The molecule has 98 valence electrons. The minimum atomic E-state index is -0.949. The smallest absolute Gasteiger partial charge is 0.321 e. The Morgan fingerprint density at radius 1 is 1.29 bits per heavy atom. The van der Waals surface area contributed by atoms with Crippen LogP contribution in [-0.2, 0) is 9.59 Å². The Kier molecular flexibility index (Phi) is 7.36. The summed E-state index contributed by atoms with van der Waals surface area (Å²) in [6.45, 7) is 5.47. The Balaban J connectivity index is 4.21. The van der Waals surface area contributed by atoms with Crippen LogP contribution in [0.3, 0.4) is 0 Å². The molecule has 0 bridgehead atoms. The number of urea groups is 1. The van der Waals surface area contributed by atoms with E-state index >= 15 is 0 Å². The summed E-state index contributed by atoms with van der Waals surface area (Å²) in [4.78, 5) is 33.4. The number of nitrogens with one attached hydrogen (secondary N) is 2. The van der Waals surface area contributed by atoms with Crippen LogP contribution in [0, 0.1) is 0 Å². The van der Waals surface area contributed by atoms with Crippen molar-refractivity contribution in [3.8, 4) is 0 Å². The highest BCUT2D eigenvalue weighted by Crippen LogP contribution is 2.20. The fourth-order valence-electron chi connectivity index (χ4n) is 1.06. The minimum absolute atomic E-state index is 0.424. The van der Waals surface area contributed by atoms with Crippen molar-refractivity contribution in [2.45, 2.75) is 37.7 Å². The molecular weight excluding hydrogens is 244 g/mol. The van der Waals surface area contributed by atoms with Gasteiger partial charge in [-0.15, -0.1) is 11.8 Å². The normalized spacial score (nSPS) is 13.6. The number of carbonyl (C=O) groups excluding carboxylic acids is 2. The molecule has 0 radical (unpaired) electrons. The number of hydrogen-bond acceptors (Lipinski definition) is 4. The van der Waals surface area contributed by atoms with Gasteiger partial charge in [-0.05, 0) is 20.3 Å². The van der Waals surface area contributed by atoms with Gasteiger partial charge in [0.1, 0.15) is 5.25 Å². The summed E-state index contributed by atoms with van der Waals surface area (Å²) in [6.07, 6.45) is 0.429. The number of hydrogen-bond donors (Lipinski definition) is 3. The first kappa shape index (κ1) is 15.8. The molecule has 0 aliphatic carbocycles. The van der Waals surface area contributed by atoms with E-state index in [9.17, 15) is 14.4 Å². The summed E-state index contributed by atoms with van der Waals surface area (Å²) in [5, 5.41) is 12.2. The second-order valence-electron chi connectivity index (χ2n) is 3.36. The Hall–Kier alpha value is -1.24. The number of amides is 3. The van der Waals surface area contributed by atoms with Crippen LogP contribution in [0.5, 0.6) is 0 Å². The Labute approximate surface area is 105 Å². The van der Waals surface area contributed by atoms with Crippen molar-refractivity contribution in [3.05, 3.63) is 0 Å². The number of carboxylic acids is 1. The fraction of sp³-hybridized carbons (Fsp3) is 0.700. The molecule has 6 nitrogen and oxygen atoms in total. The molecule has 0 fully saturated rings. The van der Waals surface area contributed by atoms with Crippen molar-refractivity contribution in [2.75, 3.05) is 6.54 Å². The zero-order valence-corrected chi connectivity index (χ0v) is 11.0. The van der Waals surface area contributed by atoms with Crippen LogP contribution in [0.4, 0.5) is 4.79 Å². The zero-order chi connectivity index (χ0) is 13.4. The molecule has 0 spiro atoms. The molecule has 3 amide bonds. The first-order chi connectivity index (χ1) is 7.92. The molecule has 2 atom stereocenters. The molecule has 0 aromatic heterocycles. The molecule has 7 heteroatoms. The molecular formula is C10H18N2O4S. The summed E-state index contributed by atoms with van der Waals surface area (Å²) >= 11 is 1.03. The lowest BCUT2D eigenvalue weighted by molar-refractivity contribution is -0.136. The number of rotatable bonds is 6. The Morgan fingerprint density at radius 3 is 2.29 bits per heavy atom. The van der Waals surface area contributed by atoms with Gasteiger partial charge < -0.3 is 10.4 Å². The first-order valence-electron chi connectivity index (χ1n) is 5.39. The number of aliphatic carboxylic acids is 1. The van der Waals surface area contributed by atoms with Gasteiger partial charge in [0.2, 0.25) is 5.91 Å². The third-order valence-electron chi connectivity index (χ3n) is 1.96. The van der Waals surface area contributed by atoms with Gasteiger partial charge in [0.05, 0.1) is 5.25 Å². The van der Waals surface area contributed by atoms with Crippen LogP contribution in [0.15, 0.2) is 0 Å². The minimum Gasteiger partial charge on any atom is -0.480 e. The van der Waals surface area contributed by atoms with Gasteiger partial charge in [0.25, 0.3) is 0 Å². The second kappa shape index (κ2) is 7.94. The topological polar surface area (TPSA) is 95.5 Å². The summed E-state index contributed by atoms with van der Waals surface area (Å²) in [5.41, 5.74) is 0. The van der Waals surface area contributed by atoms with E-state index in [1.165, 1.54) is 0 Å². The molecule has 0 aromatic rings. The van der Waals surface area contributed by atoms with Gasteiger partial charge in [0.15, 0.2) is 0 Å². The Bertz CT molecular complexity index is 296. The summed E-state index contributed by atoms with van der Waals surface area (Å²) in [5.74, 6) is -1.43. The maximum absolute atomic E-state index is 11.5. The highest BCUT2D eigenvalue weighted by Gasteiger charge is 2.24. The maximum Gasteiger partial charge on any atom is 0.321 e. The largest absolute Gasteiger partial charge is 0.480 e. The standard InChI is InChI=1S/C10H18N2O4S/c1-4-7(9(14)15)17-6(3)8(13)12-10(16)11-5-2/h6-7H,4-5H2,1-3H3,(H,14,15)(H2,11,12,13,16). The molecule has 0 saturated carbocycles. The second-order valence-corrected chi connectivity index (χ2v) is 4.91. The molecule has 0 aromatic carbocycles. The Morgan fingerprint density at radius 2 is 1.88 bits per heavy atom. The predicted molar refractivity (Wildman–Crippen MR) is 66.0 cm³/mol. The van der Waals surface area contributed by atoms with Gasteiger partial charge in [-0.2, -0.15) is 0 Å². The van der Waals surface area contributed by atoms with E-state index in [4.69, 9.17) is 5.11 Å². The number of imide groups is 1. The van der Waals surface area contributed by atoms with E-state index < -0.39 is 28.4 Å². The van der Waals surface area contributed by atoms with Crippen LogP contribution in [0.1, 0.15) is 27.2 Å². The molecule has 0 rings (SSSR count). The van der Waals surface area contributed by atoms with Crippen molar-refractivity contribution >= 4 is 29.7 Å². The first-order valence-corrected chi connectivity index (χ1v) is 6.33. The van der Waals surface area contributed by atoms with E-state index in [0.717, 1.165) is 11.8 Å². The SMILES string of the molecule is CCNC(=O)NC(=O)C(C)SC(CC)C(=O)O. The van der Waals surface area contributed by atoms with Gasteiger partial charge in [-0.25, -0.2) is 4.79 Å². The lowest BCUT2D eigenvalue weighted by atomic mass is 10.3. The predicted octanol–water partition coefficient (Wildman–Crippen LogP) is 0.817. The van der Waals surface area contributed by atoms with E-state index in [2.05, 4.69) is 10.6 Å². The molecule has 0 aliphatic heterocycles. The quantitative estimate of drug-likeness (QED) is 0.658. The lowest BCUT2D eigenvalue weighted by Crippen LogP contribution is -2.43. The highest BCUT2D eigenvalue weighted by molar-refractivity contribution is 8.01. The summed E-state index contributed by atoms with van der Waals surface area (Å²) in [7, 11) is 0. The monoisotopic (exact) mass is 262 g/mol. The third kappa shape index (κ3) is 6.15. The van der Waals surface area contributed by atoms with Gasteiger partial charge in [-0.1, -0.05) is 6.92 Å². The van der Waals surface area contributed by atoms with E-state index in [1.807, 2.05) is 0 Å². The average Bonchev–Trinajstić information content (AvgIpc) is 2.25. The van der Waals surface area contributed by atoms with Crippen LogP contribution in [-0.4, -0.2) is 40.1 Å². The van der Waals surface area contributed by atoms with E-state index in [0.29, 0.717) is 13.0 Å². The van der Waals surface area contributed by atoms with Crippen LogP contribution in [0.2, 0.25) is 0 Å². The highest BCUT2D eigenvalue weighted by atomic mass is 32.2. The summed E-state index contributed by atoms with van der Waals surface area (Å²) in [6, 6.07) is -0.562.